The zero-order valence-corrected chi connectivity index (χ0v) is 12.3. The van der Waals surface area contributed by atoms with Gasteiger partial charge in [-0.1, -0.05) is 13.0 Å². The first kappa shape index (κ1) is 15.7. The Morgan fingerprint density at radius 3 is 2.47 bits per heavy atom. The van der Waals surface area contributed by atoms with Gasteiger partial charge >= 0.3 is 0 Å². The number of sulfonamides is 1. The lowest BCUT2D eigenvalue weighted by Crippen LogP contribution is -2.34. The van der Waals surface area contributed by atoms with Gasteiger partial charge in [0.05, 0.1) is 12.3 Å². The molecule has 106 valence electrons. The zero-order chi connectivity index (χ0) is 14.5. The van der Waals surface area contributed by atoms with Crippen LogP contribution in [0.2, 0.25) is 0 Å². The molecule has 1 amide bonds. The van der Waals surface area contributed by atoms with Gasteiger partial charge in [0, 0.05) is 5.69 Å². The van der Waals surface area contributed by atoms with E-state index in [-0.39, 0.29) is 18.2 Å². The molecule has 1 aromatic carbocycles. The molecule has 0 saturated carbocycles. The molecule has 0 aliphatic rings. The molecule has 19 heavy (non-hydrogen) atoms. The van der Waals surface area contributed by atoms with Gasteiger partial charge < -0.3 is 5.32 Å². The van der Waals surface area contributed by atoms with Crippen molar-refractivity contribution in [2.24, 2.45) is 0 Å². The maximum absolute atomic E-state index is 11.6. The molecule has 2 N–H and O–H groups in total. The Balaban J connectivity index is 2.54. The zero-order valence-electron chi connectivity index (χ0n) is 11.5. The van der Waals surface area contributed by atoms with E-state index < -0.39 is 10.0 Å². The molecule has 6 heteroatoms. The Kier molecular flexibility index (Phi) is 5.50. The van der Waals surface area contributed by atoms with Gasteiger partial charge in [-0.25, -0.2) is 13.1 Å². The van der Waals surface area contributed by atoms with E-state index in [9.17, 15) is 13.2 Å². The summed E-state index contributed by atoms with van der Waals surface area (Å²) in [4.78, 5) is 11.6. The quantitative estimate of drug-likeness (QED) is 0.832. The van der Waals surface area contributed by atoms with E-state index in [4.69, 9.17) is 0 Å². The Morgan fingerprint density at radius 2 is 1.89 bits per heavy atom. The van der Waals surface area contributed by atoms with Crippen molar-refractivity contribution in [2.45, 2.75) is 27.2 Å². The first-order valence-corrected chi connectivity index (χ1v) is 7.83. The van der Waals surface area contributed by atoms with Crippen LogP contribution in [-0.2, 0) is 14.8 Å². The second-order valence-corrected chi connectivity index (χ2v) is 6.41. The number of rotatable bonds is 6. The summed E-state index contributed by atoms with van der Waals surface area (Å²) in [7, 11) is -3.34. The molecule has 0 fully saturated rings. The van der Waals surface area contributed by atoms with E-state index >= 15 is 0 Å². The lowest BCUT2D eigenvalue weighted by Gasteiger charge is -2.08. The highest BCUT2D eigenvalue weighted by Crippen LogP contribution is 2.13. The van der Waals surface area contributed by atoms with Crippen LogP contribution in [0.25, 0.3) is 0 Å². The number of aryl methyl sites for hydroxylation is 2. The maximum atomic E-state index is 11.6. The summed E-state index contributed by atoms with van der Waals surface area (Å²) in [5.41, 5.74) is 2.88. The molecule has 0 saturated heterocycles. The van der Waals surface area contributed by atoms with Crippen molar-refractivity contribution in [2.75, 3.05) is 17.6 Å². The first-order valence-electron chi connectivity index (χ1n) is 6.18. The summed E-state index contributed by atoms with van der Waals surface area (Å²) in [5, 5.41) is 2.66. The molecule has 0 spiro atoms. The highest BCUT2D eigenvalue weighted by atomic mass is 32.2. The van der Waals surface area contributed by atoms with Crippen LogP contribution in [-0.4, -0.2) is 26.6 Å². The summed E-state index contributed by atoms with van der Waals surface area (Å²) in [6.45, 7) is 5.47. The molecule has 1 rings (SSSR count). The van der Waals surface area contributed by atoms with Crippen LogP contribution in [0.15, 0.2) is 18.2 Å². The average Bonchev–Trinajstić information content (AvgIpc) is 2.32. The third-order valence-electron chi connectivity index (χ3n) is 2.72. The minimum atomic E-state index is -3.34. The third-order valence-corrected chi connectivity index (χ3v) is 4.25. The van der Waals surface area contributed by atoms with Gasteiger partial charge in [0.25, 0.3) is 0 Å². The van der Waals surface area contributed by atoms with E-state index in [1.807, 2.05) is 26.0 Å². The van der Waals surface area contributed by atoms with Crippen molar-refractivity contribution < 1.29 is 13.2 Å². The molecule has 0 unspecified atom stereocenters. The van der Waals surface area contributed by atoms with E-state index in [1.165, 1.54) is 0 Å². The predicted molar refractivity (Wildman–Crippen MR) is 76.6 cm³/mol. The van der Waals surface area contributed by atoms with Crippen molar-refractivity contribution in [1.82, 2.24) is 4.72 Å². The van der Waals surface area contributed by atoms with Gasteiger partial charge in [0.15, 0.2) is 0 Å². The number of carbonyl (C=O) groups excluding carboxylic acids is 1. The van der Waals surface area contributed by atoms with Crippen molar-refractivity contribution in [3.63, 3.8) is 0 Å². The number of hydrogen-bond donors (Lipinski definition) is 2. The third kappa shape index (κ3) is 5.40. The largest absolute Gasteiger partial charge is 0.325 e. The van der Waals surface area contributed by atoms with Crippen LogP contribution < -0.4 is 10.0 Å². The Morgan fingerprint density at radius 1 is 1.21 bits per heavy atom. The first-order chi connectivity index (χ1) is 8.84. The lowest BCUT2D eigenvalue weighted by molar-refractivity contribution is -0.115. The van der Waals surface area contributed by atoms with Gasteiger partial charge in [-0.3, -0.25) is 4.79 Å². The van der Waals surface area contributed by atoms with Crippen LogP contribution >= 0.6 is 0 Å². The molecule has 0 aliphatic carbocycles. The summed E-state index contributed by atoms with van der Waals surface area (Å²) < 4.78 is 25.1. The molecule has 0 radical (unpaired) electrons. The molecule has 5 nitrogen and oxygen atoms in total. The summed E-state index contributed by atoms with van der Waals surface area (Å²) in [5.74, 6) is -0.341. The smallest absolute Gasteiger partial charge is 0.239 e. The molecule has 0 bridgehead atoms. The van der Waals surface area contributed by atoms with Crippen molar-refractivity contribution in [3.05, 3.63) is 29.3 Å². The van der Waals surface area contributed by atoms with Gasteiger partial charge in [0.1, 0.15) is 0 Å². The Hall–Kier alpha value is -1.40. The predicted octanol–water partition coefficient (Wildman–Crippen LogP) is 1.57. The van der Waals surface area contributed by atoms with E-state index in [1.54, 1.807) is 13.0 Å². The molecule has 0 atom stereocenters. The second-order valence-electron chi connectivity index (χ2n) is 4.49. The normalized spacial score (nSPS) is 11.3. The number of benzene rings is 1. The molecular formula is C13H20N2O3S. The molecule has 1 aromatic rings. The topological polar surface area (TPSA) is 75.3 Å². The minimum absolute atomic E-state index is 0.0317. The minimum Gasteiger partial charge on any atom is -0.325 e. The average molecular weight is 284 g/mol. The maximum Gasteiger partial charge on any atom is 0.239 e. The van der Waals surface area contributed by atoms with Crippen molar-refractivity contribution >= 4 is 21.6 Å². The fourth-order valence-electron chi connectivity index (χ4n) is 1.54. The Bertz CT molecular complexity index is 553. The number of carbonyl (C=O) groups is 1. The standard InChI is InChI=1S/C13H20N2O3S/c1-4-7-19(17,18)14-9-13(16)15-12-6-5-10(2)11(3)8-12/h5-6,8,14H,4,7,9H2,1-3H3,(H,15,16). The summed E-state index contributed by atoms with van der Waals surface area (Å²) >= 11 is 0. The lowest BCUT2D eigenvalue weighted by atomic mass is 10.1. The number of anilines is 1. The SMILES string of the molecule is CCCS(=O)(=O)NCC(=O)Nc1ccc(C)c(C)c1. The van der Waals surface area contributed by atoms with E-state index in [2.05, 4.69) is 10.0 Å². The fraction of sp³-hybridized carbons (Fsp3) is 0.462. The van der Waals surface area contributed by atoms with Crippen molar-refractivity contribution in [1.29, 1.82) is 0 Å². The summed E-state index contributed by atoms with van der Waals surface area (Å²) in [6.07, 6.45) is 0.522. The number of nitrogens with one attached hydrogen (secondary N) is 2. The van der Waals surface area contributed by atoms with Crippen LogP contribution in [0.3, 0.4) is 0 Å². The molecule has 0 heterocycles. The van der Waals surface area contributed by atoms with Gasteiger partial charge in [-0.05, 0) is 43.5 Å². The molecule has 0 aliphatic heterocycles. The van der Waals surface area contributed by atoms with Crippen LogP contribution in [0, 0.1) is 13.8 Å². The van der Waals surface area contributed by atoms with Crippen LogP contribution in [0.5, 0.6) is 0 Å². The molecular weight excluding hydrogens is 264 g/mol. The highest BCUT2D eigenvalue weighted by Gasteiger charge is 2.11. The van der Waals surface area contributed by atoms with Gasteiger partial charge in [-0.2, -0.15) is 0 Å². The molecule has 0 aromatic heterocycles. The van der Waals surface area contributed by atoms with E-state index in [0.717, 1.165) is 11.1 Å². The summed E-state index contributed by atoms with van der Waals surface area (Å²) in [6, 6.07) is 5.56. The van der Waals surface area contributed by atoms with E-state index in [0.29, 0.717) is 12.1 Å². The number of hydrogen-bond acceptors (Lipinski definition) is 3. The monoisotopic (exact) mass is 284 g/mol. The number of amides is 1. The van der Waals surface area contributed by atoms with Crippen molar-refractivity contribution in [3.8, 4) is 0 Å². The van der Waals surface area contributed by atoms with Crippen LogP contribution in [0.1, 0.15) is 24.5 Å². The fourth-order valence-corrected chi connectivity index (χ4v) is 2.57. The van der Waals surface area contributed by atoms with Crippen LogP contribution in [0.4, 0.5) is 5.69 Å². The van der Waals surface area contributed by atoms with Gasteiger partial charge in [-0.15, -0.1) is 0 Å². The second kappa shape index (κ2) is 6.68. The Labute approximate surface area is 114 Å². The van der Waals surface area contributed by atoms with Gasteiger partial charge in [0.2, 0.25) is 15.9 Å². The highest BCUT2D eigenvalue weighted by molar-refractivity contribution is 7.89.